The molecule has 100 valence electrons. The van der Waals surface area contributed by atoms with Gasteiger partial charge < -0.3 is 10.0 Å². The molecule has 1 amide bonds. The van der Waals surface area contributed by atoms with E-state index in [1.165, 1.54) is 6.42 Å². The van der Waals surface area contributed by atoms with Crippen LogP contribution >= 0.6 is 0 Å². The molecule has 1 N–H and O–H groups in total. The first-order valence-electron chi connectivity index (χ1n) is 6.68. The average molecular weight is 257 g/mol. The summed E-state index contributed by atoms with van der Waals surface area (Å²) in [5.74, 6) is 0.350. The van der Waals surface area contributed by atoms with Gasteiger partial charge in [0.1, 0.15) is 5.75 Å². The lowest BCUT2D eigenvalue weighted by Gasteiger charge is -2.25. The van der Waals surface area contributed by atoms with Gasteiger partial charge in [0.25, 0.3) is 0 Å². The van der Waals surface area contributed by atoms with E-state index in [0.29, 0.717) is 0 Å². The molecule has 1 aliphatic heterocycles. The second kappa shape index (κ2) is 6.78. The van der Waals surface area contributed by atoms with Gasteiger partial charge >= 0.3 is 0 Å². The van der Waals surface area contributed by atoms with Crippen molar-refractivity contribution < 1.29 is 9.90 Å². The summed E-state index contributed by atoms with van der Waals surface area (Å²) in [4.78, 5) is 13.7. The molecule has 1 aromatic rings. The lowest BCUT2D eigenvalue weighted by molar-refractivity contribution is -0.126. The van der Waals surface area contributed by atoms with Crippen LogP contribution in [0.3, 0.4) is 0 Å². The zero-order chi connectivity index (χ0) is 13.5. The molecule has 1 aliphatic rings. The van der Waals surface area contributed by atoms with E-state index < -0.39 is 0 Å². The van der Waals surface area contributed by atoms with Gasteiger partial charge in [0.05, 0.1) is 0 Å². The Morgan fingerprint density at radius 2 is 1.74 bits per heavy atom. The van der Waals surface area contributed by atoms with Crippen LogP contribution in [0.25, 0.3) is 6.08 Å². The molecule has 0 saturated carbocycles. The summed E-state index contributed by atoms with van der Waals surface area (Å²) >= 11 is 0. The maximum absolute atomic E-state index is 11.8. The van der Waals surface area contributed by atoms with Gasteiger partial charge in [0.2, 0.25) is 5.91 Å². The molecular weight excluding hydrogens is 238 g/mol. The average Bonchev–Trinajstić information content (AvgIpc) is 2.46. The molecule has 0 unspecified atom stereocenters. The van der Waals surface area contributed by atoms with E-state index >= 15 is 0 Å². The third-order valence-electron chi connectivity index (χ3n) is 3.20. The number of piperidine rings is 1. The van der Waals surface area contributed by atoms with E-state index in [9.17, 15) is 4.79 Å². The van der Waals surface area contributed by atoms with E-state index in [4.69, 9.17) is 5.11 Å². The van der Waals surface area contributed by atoms with Crippen LogP contribution in [0.2, 0.25) is 0 Å². The van der Waals surface area contributed by atoms with Crippen LogP contribution in [-0.4, -0.2) is 29.0 Å². The van der Waals surface area contributed by atoms with Gasteiger partial charge in [-0.05, 0) is 37.0 Å². The van der Waals surface area contributed by atoms with Crippen molar-refractivity contribution in [2.45, 2.75) is 19.3 Å². The molecule has 0 bridgehead atoms. The minimum absolute atomic E-state index is 0.0926. The molecule has 3 heteroatoms. The number of phenolic OH excluding ortho intramolecular Hbond substituents is 1. The van der Waals surface area contributed by atoms with Crippen molar-refractivity contribution in [2.24, 2.45) is 0 Å². The molecule has 2 rings (SSSR count). The molecule has 19 heavy (non-hydrogen) atoms. The third-order valence-corrected chi connectivity index (χ3v) is 3.20. The first-order chi connectivity index (χ1) is 9.25. The van der Waals surface area contributed by atoms with Gasteiger partial charge in [-0.15, -0.1) is 0 Å². The quantitative estimate of drug-likeness (QED) is 0.668. The maximum atomic E-state index is 11.8. The predicted octanol–water partition coefficient (Wildman–Crippen LogP) is 2.97. The number of hydrogen-bond donors (Lipinski definition) is 1. The van der Waals surface area contributed by atoms with Gasteiger partial charge in [0.15, 0.2) is 0 Å². The van der Waals surface area contributed by atoms with Gasteiger partial charge in [-0.25, -0.2) is 0 Å². The van der Waals surface area contributed by atoms with Crippen LogP contribution in [0.1, 0.15) is 24.8 Å². The molecule has 0 spiro atoms. The normalized spacial score (nSPS) is 16.3. The van der Waals surface area contributed by atoms with Gasteiger partial charge in [-0.2, -0.15) is 0 Å². The number of likely N-dealkylation sites (tertiary alicyclic amines) is 1. The number of rotatable bonds is 3. The van der Waals surface area contributed by atoms with Crippen molar-refractivity contribution in [1.29, 1.82) is 0 Å². The fourth-order valence-electron chi connectivity index (χ4n) is 2.11. The number of nitrogens with zero attached hydrogens (tertiary/aromatic N) is 1. The van der Waals surface area contributed by atoms with Crippen molar-refractivity contribution in [3.05, 3.63) is 48.1 Å². The summed E-state index contributed by atoms with van der Waals surface area (Å²) in [5, 5.41) is 9.16. The monoisotopic (exact) mass is 257 g/mol. The zero-order valence-corrected chi connectivity index (χ0v) is 11.0. The number of aromatic hydroxyl groups is 1. The van der Waals surface area contributed by atoms with E-state index in [2.05, 4.69) is 0 Å². The number of allylic oxidation sites excluding steroid dienone is 2. The number of amides is 1. The van der Waals surface area contributed by atoms with Crippen molar-refractivity contribution in [2.75, 3.05) is 13.1 Å². The molecule has 0 aromatic heterocycles. The van der Waals surface area contributed by atoms with Crippen molar-refractivity contribution >= 4 is 12.0 Å². The largest absolute Gasteiger partial charge is 0.508 e. The lowest BCUT2D eigenvalue weighted by Crippen LogP contribution is -2.34. The summed E-state index contributed by atoms with van der Waals surface area (Å²) in [6.45, 7) is 1.76. The smallest absolute Gasteiger partial charge is 0.246 e. The van der Waals surface area contributed by atoms with Crippen LogP contribution in [0.5, 0.6) is 5.75 Å². The Morgan fingerprint density at radius 1 is 1.05 bits per heavy atom. The summed E-state index contributed by atoms with van der Waals surface area (Å²) in [5.41, 5.74) is 0.993. The molecule has 0 aliphatic carbocycles. The molecule has 1 saturated heterocycles. The summed E-state index contributed by atoms with van der Waals surface area (Å²) in [7, 11) is 0. The molecule has 3 nitrogen and oxygen atoms in total. The molecular formula is C16H19NO2. The first kappa shape index (κ1) is 13.4. The molecule has 1 aromatic carbocycles. The Kier molecular flexibility index (Phi) is 4.78. The fourth-order valence-corrected chi connectivity index (χ4v) is 2.11. The third kappa shape index (κ3) is 4.28. The van der Waals surface area contributed by atoms with Crippen LogP contribution < -0.4 is 0 Å². The van der Waals surface area contributed by atoms with Crippen molar-refractivity contribution in [3.8, 4) is 5.75 Å². The Balaban J connectivity index is 1.85. The van der Waals surface area contributed by atoms with E-state index in [-0.39, 0.29) is 11.7 Å². The lowest BCUT2D eigenvalue weighted by atomic mass is 10.1. The summed E-state index contributed by atoms with van der Waals surface area (Å²) in [6, 6.07) is 6.93. The number of carbonyl (C=O) groups is 1. The second-order valence-corrected chi connectivity index (χ2v) is 4.70. The van der Waals surface area contributed by atoms with Crippen molar-refractivity contribution in [1.82, 2.24) is 4.90 Å². The summed E-state index contributed by atoms with van der Waals surface area (Å²) in [6.07, 6.45) is 10.6. The molecule has 0 atom stereocenters. The highest BCUT2D eigenvalue weighted by Crippen LogP contribution is 2.11. The minimum Gasteiger partial charge on any atom is -0.508 e. The number of benzene rings is 1. The first-order valence-corrected chi connectivity index (χ1v) is 6.68. The van der Waals surface area contributed by atoms with E-state index in [1.54, 1.807) is 24.3 Å². The highest BCUT2D eigenvalue weighted by molar-refractivity contribution is 5.88. The van der Waals surface area contributed by atoms with E-state index in [1.807, 2.05) is 29.2 Å². The topological polar surface area (TPSA) is 40.5 Å². The highest BCUT2D eigenvalue weighted by atomic mass is 16.3. The van der Waals surface area contributed by atoms with Gasteiger partial charge in [-0.1, -0.05) is 30.4 Å². The predicted molar refractivity (Wildman–Crippen MR) is 76.7 cm³/mol. The highest BCUT2D eigenvalue weighted by Gasteiger charge is 2.12. The standard InChI is InChI=1S/C16H19NO2/c18-15-10-8-14(9-11-15)6-2-3-7-16(19)17-12-4-1-5-13-17/h2-3,6-11,18H,1,4-5,12-13H2/b6-2+,7-3+. The Bertz CT molecular complexity index is 468. The number of phenols is 1. The summed E-state index contributed by atoms with van der Waals surface area (Å²) < 4.78 is 0. The number of hydrogen-bond acceptors (Lipinski definition) is 2. The Hall–Kier alpha value is -2.03. The maximum Gasteiger partial charge on any atom is 0.246 e. The minimum atomic E-state index is 0.0926. The van der Waals surface area contributed by atoms with Gasteiger partial charge in [-0.3, -0.25) is 4.79 Å². The zero-order valence-electron chi connectivity index (χ0n) is 11.0. The fraction of sp³-hybridized carbons (Fsp3) is 0.312. The Morgan fingerprint density at radius 3 is 2.42 bits per heavy atom. The van der Waals surface area contributed by atoms with Crippen molar-refractivity contribution in [3.63, 3.8) is 0 Å². The van der Waals surface area contributed by atoms with Crippen LogP contribution in [0, 0.1) is 0 Å². The van der Waals surface area contributed by atoms with Crippen LogP contribution in [-0.2, 0) is 4.79 Å². The van der Waals surface area contributed by atoms with Gasteiger partial charge in [0, 0.05) is 19.2 Å². The van der Waals surface area contributed by atoms with Crippen LogP contribution in [0.4, 0.5) is 0 Å². The van der Waals surface area contributed by atoms with E-state index in [0.717, 1.165) is 31.5 Å². The second-order valence-electron chi connectivity index (χ2n) is 4.70. The molecule has 0 radical (unpaired) electrons. The molecule has 1 fully saturated rings. The van der Waals surface area contributed by atoms with Crippen LogP contribution in [0.15, 0.2) is 42.5 Å². The SMILES string of the molecule is O=C(/C=C/C=C/c1ccc(O)cc1)N1CCCCC1. The number of carbonyl (C=O) groups excluding carboxylic acids is 1. The molecule has 1 heterocycles. The Labute approximate surface area is 113 Å².